The van der Waals surface area contributed by atoms with Gasteiger partial charge in [0.05, 0.1) is 0 Å². The Morgan fingerprint density at radius 2 is 0.907 bits per heavy atom. The summed E-state index contributed by atoms with van der Waals surface area (Å²) in [6.07, 6.45) is 6.08. The van der Waals surface area contributed by atoms with E-state index in [1.807, 2.05) is 0 Å². The first kappa shape index (κ1) is 40.2. The summed E-state index contributed by atoms with van der Waals surface area (Å²) in [7, 11) is 0. The van der Waals surface area contributed by atoms with Crippen LogP contribution in [0, 0.1) is 0 Å². The zero-order chi connectivity index (χ0) is 32.7. The van der Waals surface area contributed by atoms with Gasteiger partial charge in [-0.05, 0) is 78.7 Å². The van der Waals surface area contributed by atoms with Crippen LogP contribution >= 0.6 is 0 Å². The topological polar surface area (TPSA) is 192 Å². The number of carbonyl (C=O) groups excluding carboxylic acids is 5. The summed E-state index contributed by atoms with van der Waals surface area (Å²) in [5, 5.41) is 39.8. The smallest absolute Gasteiger partial charge is 0.246 e. The Hall–Kier alpha value is -2.81. The summed E-state index contributed by atoms with van der Waals surface area (Å²) in [4.78, 5) is 58.8. The van der Waals surface area contributed by atoms with Crippen LogP contribution in [0.4, 0.5) is 0 Å². The van der Waals surface area contributed by atoms with Crippen LogP contribution in [-0.4, -0.2) is 105 Å². The van der Waals surface area contributed by atoms with Gasteiger partial charge in [-0.3, -0.25) is 39.6 Å². The largest absolute Gasteiger partial charge is 0.356 e. The lowest BCUT2D eigenvalue weighted by molar-refractivity contribution is -0.166. The lowest BCUT2D eigenvalue weighted by Gasteiger charge is -2.20. The maximum atomic E-state index is 12.0. The molecule has 0 fully saturated rings. The Labute approximate surface area is 256 Å². The monoisotopic (exact) mass is 616 g/mol. The number of unbranched alkanes of at least 4 members (excludes halogenated alkanes) is 6. The second-order valence-electron chi connectivity index (χ2n) is 11.7. The minimum Gasteiger partial charge on any atom is -0.356 e. The average molecular weight is 617 g/mol. The van der Waals surface area contributed by atoms with E-state index in [4.69, 9.17) is 0 Å². The number of hydrogen-bond donors (Lipinski definition) is 6. The predicted octanol–water partition coefficient (Wildman–Crippen LogP) is 2.35. The first-order valence-corrected chi connectivity index (χ1v) is 15.5. The molecule has 5 amide bonds. The van der Waals surface area contributed by atoms with Crippen molar-refractivity contribution in [2.75, 3.05) is 39.3 Å². The molecule has 6 N–H and O–H groups in total. The number of amides is 5. The lowest BCUT2D eigenvalue weighted by Crippen LogP contribution is -2.36. The molecule has 0 spiro atoms. The molecule has 0 heterocycles. The number of nitrogens with zero attached hydrogens (tertiary/aromatic N) is 3. The molecule has 250 valence electrons. The predicted molar refractivity (Wildman–Crippen MR) is 160 cm³/mol. The zero-order valence-electron chi connectivity index (χ0n) is 26.7. The molecule has 14 nitrogen and oxygen atoms in total. The molecule has 0 bridgehead atoms. The molecule has 0 aliphatic heterocycles. The third kappa shape index (κ3) is 24.3. The van der Waals surface area contributed by atoms with Crippen LogP contribution in [0.3, 0.4) is 0 Å². The third-order valence-corrected chi connectivity index (χ3v) is 6.51. The number of nitrogens with one attached hydrogen (secondary N) is 3. The highest BCUT2D eigenvalue weighted by atomic mass is 16.5. The molecule has 0 aromatic heterocycles. The Balaban J connectivity index is 3.77. The van der Waals surface area contributed by atoms with E-state index in [0.29, 0.717) is 66.8 Å². The van der Waals surface area contributed by atoms with E-state index in [-0.39, 0.29) is 62.7 Å². The molecule has 0 aliphatic rings. The van der Waals surface area contributed by atoms with E-state index < -0.39 is 17.7 Å². The van der Waals surface area contributed by atoms with Crippen molar-refractivity contribution in [3.8, 4) is 0 Å². The Morgan fingerprint density at radius 3 is 1.28 bits per heavy atom. The van der Waals surface area contributed by atoms with Crippen LogP contribution in [0.15, 0.2) is 0 Å². The fraction of sp³-hybridized carbons (Fsp3) is 0.828. The van der Waals surface area contributed by atoms with Gasteiger partial charge in [0, 0.05) is 70.9 Å². The van der Waals surface area contributed by atoms with Gasteiger partial charge in [0.15, 0.2) is 0 Å². The van der Waals surface area contributed by atoms with Gasteiger partial charge in [0.1, 0.15) is 0 Å². The molecule has 0 atom stereocenters. The second-order valence-corrected chi connectivity index (χ2v) is 11.7. The first-order chi connectivity index (χ1) is 20.2. The number of rotatable bonds is 24. The lowest BCUT2D eigenvalue weighted by atomic mass is 10.1. The highest BCUT2D eigenvalue weighted by Gasteiger charge is 2.14. The van der Waals surface area contributed by atoms with Crippen molar-refractivity contribution in [3.63, 3.8) is 0 Å². The van der Waals surface area contributed by atoms with Gasteiger partial charge in [-0.25, -0.2) is 15.2 Å². The molecule has 0 aromatic rings. The van der Waals surface area contributed by atoms with Gasteiger partial charge in [0.25, 0.3) is 0 Å². The maximum absolute atomic E-state index is 12.0. The van der Waals surface area contributed by atoms with E-state index in [1.54, 1.807) is 0 Å². The quantitative estimate of drug-likeness (QED) is 0.0537. The molecule has 43 heavy (non-hydrogen) atoms. The summed E-state index contributed by atoms with van der Waals surface area (Å²) in [5.74, 6) is -2.02. The van der Waals surface area contributed by atoms with Crippen LogP contribution in [0.25, 0.3) is 0 Å². The Morgan fingerprint density at radius 1 is 0.535 bits per heavy atom. The van der Waals surface area contributed by atoms with E-state index in [1.165, 1.54) is 6.92 Å². The molecule has 0 radical (unpaired) electrons. The van der Waals surface area contributed by atoms with Gasteiger partial charge in [0.2, 0.25) is 29.5 Å². The molecule has 0 saturated heterocycles. The molecule has 0 aliphatic carbocycles. The standard InChI is InChI=1S/C29H56N6O8/c1-24(36)33(41)21-11-5-8-18-30-25(37)14-16-27(39)34(42)22-12-6-9-19-31-26(38)15-17-28(40)35(43)23-13-7-10-20-32-29(2,3)4/h32,41-43H,5-23H2,1-4H3,(H,30,37)(H,31,38). The van der Waals surface area contributed by atoms with Crippen LogP contribution in [0.2, 0.25) is 0 Å². The Bertz CT molecular complexity index is 836. The van der Waals surface area contributed by atoms with Gasteiger partial charge in [-0.2, -0.15) is 0 Å². The van der Waals surface area contributed by atoms with Gasteiger partial charge >= 0.3 is 0 Å². The SMILES string of the molecule is CC(=O)N(O)CCCCCNC(=O)CCC(=O)N(O)CCCCCNC(=O)CCC(=O)N(O)CCCCCNC(C)(C)C. The van der Waals surface area contributed by atoms with E-state index in [9.17, 15) is 39.6 Å². The fourth-order valence-electron chi connectivity index (χ4n) is 3.89. The van der Waals surface area contributed by atoms with E-state index >= 15 is 0 Å². The normalized spacial score (nSPS) is 11.1. The molecule has 0 rings (SSSR count). The van der Waals surface area contributed by atoms with Crippen molar-refractivity contribution >= 4 is 29.5 Å². The summed E-state index contributed by atoms with van der Waals surface area (Å²) in [6, 6.07) is 0. The summed E-state index contributed by atoms with van der Waals surface area (Å²) in [5.41, 5.74) is 0.0663. The van der Waals surface area contributed by atoms with Crippen molar-refractivity contribution in [2.45, 2.75) is 117 Å². The van der Waals surface area contributed by atoms with E-state index in [0.717, 1.165) is 25.8 Å². The van der Waals surface area contributed by atoms with Gasteiger partial charge in [-0.1, -0.05) is 6.42 Å². The highest BCUT2D eigenvalue weighted by molar-refractivity contribution is 5.83. The molecule has 0 unspecified atom stereocenters. The summed E-state index contributed by atoms with van der Waals surface area (Å²) in [6.45, 7) is 9.85. The fourth-order valence-corrected chi connectivity index (χ4v) is 3.89. The van der Waals surface area contributed by atoms with Crippen molar-refractivity contribution in [2.24, 2.45) is 0 Å². The maximum Gasteiger partial charge on any atom is 0.246 e. The van der Waals surface area contributed by atoms with Gasteiger partial charge < -0.3 is 16.0 Å². The summed E-state index contributed by atoms with van der Waals surface area (Å²) >= 11 is 0. The van der Waals surface area contributed by atoms with Crippen molar-refractivity contribution in [1.29, 1.82) is 0 Å². The molecule has 14 heteroatoms. The van der Waals surface area contributed by atoms with Gasteiger partial charge in [-0.15, -0.1) is 0 Å². The summed E-state index contributed by atoms with van der Waals surface area (Å²) < 4.78 is 0. The second kappa shape index (κ2) is 23.6. The van der Waals surface area contributed by atoms with Crippen LogP contribution in [0.5, 0.6) is 0 Å². The third-order valence-electron chi connectivity index (χ3n) is 6.51. The Kier molecular flexibility index (Phi) is 22.1. The van der Waals surface area contributed by atoms with Crippen LogP contribution < -0.4 is 16.0 Å². The molecular weight excluding hydrogens is 560 g/mol. The van der Waals surface area contributed by atoms with Crippen molar-refractivity contribution in [3.05, 3.63) is 0 Å². The van der Waals surface area contributed by atoms with Crippen molar-refractivity contribution in [1.82, 2.24) is 31.1 Å². The minimum atomic E-state index is -0.545. The van der Waals surface area contributed by atoms with Crippen LogP contribution in [-0.2, 0) is 24.0 Å². The minimum absolute atomic E-state index is 0.0124. The van der Waals surface area contributed by atoms with Crippen LogP contribution in [0.1, 0.15) is 111 Å². The average Bonchev–Trinajstić information content (AvgIpc) is 2.94. The zero-order valence-corrected chi connectivity index (χ0v) is 26.7. The number of carbonyl (C=O) groups is 5. The molecule has 0 aromatic carbocycles. The number of hydroxylamine groups is 6. The number of hydrogen-bond acceptors (Lipinski definition) is 9. The molecule has 0 saturated carbocycles. The first-order valence-electron chi connectivity index (χ1n) is 15.5. The van der Waals surface area contributed by atoms with E-state index in [2.05, 4.69) is 36.7 Å². The molecular formula is C29H56N6O8. The van der Waals surface area contributed by atoms with Crippen molar-refractivity contribution < 1.29 is 39.6 Å². The highest BCUT2D eigenvalue weighted by Crippen LogP contribution is 2.04.